The van der Waals surface area contributed by atoms with Crippen LogP contribution in [0.4, 0.5) is 11.8 Å². The second kappa shape index (κ2) is 5.34. The summed E-state index contributed by atoms with van der Waals surface area (Å²) in [4.78, 5) is 21.5. The zero-order valence-electron chi connectivity index (χ0n) is 11.1. The second-order valence-electron chi connectivity index (χ2n) is 4.75. The number of nitrogen functional groups attached to an aromatic ring is 1. The van der Waals surface area contributed by atoms with E-state index in [0.717, 1.165) is 31.7 Å². The van der Waals surface area contributed by atoms with Gasteiger partial charge in [0.15, 0.2) is 0 Å². The summed E-state index contributed by atoms with van der Waals surface area (Å²) in [5.74, 6) is 0.821. The Bertz CT molecular complexity index is 646. The minimum absolute atomic E-state index is 0.197. The molecule has 0 saturated carbocycles. The van der Waals surface area contributed by atoms with E-state index in [1.165, 1.54) is 0 Å². The molecule has 1 aromatic heterocycles. The zero-order chi connectivity index (χ0) is 13.9. The van der Waals surface area contributed by atoms with Crippen molar-refractivity contribution in [1.82, 2.24) is 15.3 Å². The molecule has 0 aliphatic carbocycles. The van der Waals surface area contributed by atoms with E-state index in [-0.39, 0.29) is 11.4 Å². The van der Waals surface area contributed by atoms with Crippen LogP contribution >= 0.6 is 0 Å². The van der Waals surface area contributed by atoms with E-state index in [9.17, 15) is 4.79 Å². The molecule has 0 amide bonds. The van der Waals surface area contributed by atoms with Crippen LogP contribution in [0.15, 0.2) is 35.1 Å². The largest absolute Gasteiger partial charge is 0.383 e. The third kappa shape index (κ3) is 2.37. The van der Waals surface area contributed by atoms with Gasteiger partial charge in [-0.2, -0.15) is 4.98 Å². The highest BCUT2D eigenvalue weighted by Gasteiger charge is 2.16. The lowest BCUT2D eigenvalue weighted by molar-refractivity contribution is 0.579. The third-order valence-corrected chi connectivity index (χ3v) is 3.41. The van der Waals surface area contributed by atoms with Crippen molar-refractivity contribution in [2.45, 2.75) is 0 Å². The number of rotatable bonds is 2. The number of H-pyrrole nitrogens is 1. The first-order chi connectivity index (χ1) is 9.75. The van der Waals surface area contributed by atoms with Gasteiger partial charge in [-0.15, -0.1) is 0 Å². The van der Waals surface area contributed by atoms with Gasteiger partial charge in [0.25, 0.3) is 5.56 Å². The van der Waals surface area contributed by atoms with Crippen molar-refractivity contribution >= 4 is 11.8 Å². The first-order valence-electron chi connectivity index (χ1n) is 6.66. The van der Waals surface area contributed by atoms with Gasteiger partial charge in [-0.3, -0.25) is 9.78 Å². The number of hydrogen-bond acceptors (Lipinski definition) is 5. The van der Waals surface area contributed by atoms with E-state index >= 15 is 0 Å². The van der Waals surface area contributed by atoms with Gasteiger partial charge in [0, 0.05) is 26.2 Å². The van der Waals surface area contributed by atoms with E-state index in [0.29, 0.717) is 11.5 Å². The highest BCUT2D eigenvalue weighted by atomic mass is 16.1. The predicted molar refractivity (Wildman–Crippen MR) is 79.8 cm³/mol. The number of nitrogens with one attached hydrogen (secondary N) is 2. The van der Waals surface area contributed by atoms with Gasteiger partial charge < -0.3 is 16.0 Å². The minimum atomic E-state index is -0.197. The van der Waals surface area contributed by atoms with Gasteiger partial charge in [0.2, 0.25) is 5.95 Å². The van der Waals surface area contributed by atoms with Crippen LogP contribution in [-0.2, 0) is 0 Å². The van der Waals surface area contributed by atoms with E-state index < -0.39 is 0 Å². The molecule has 0 spiro atoms. The summed E-state index contributed by atoms with van der Waals surface area (Å²) in [6, 6.07) is 9.35. The van der Waals surface area contributed by atoms with Gasteiger partial charge in [-0.05, 0) is 5.56 Å². The molecule has 0 bridgehead atoms. The molecule has 2 aromatic rings. The van der Waals surface area contributed by atoms with Crippen molar-refractivity contribution < 1.29 is 0 Å². The topological polar surface area (TPSA) is 87.0 Å². The molecule has 1 aliphatic heterocycles. The van der Waals surface area contributed by atoms with Crippen LogP contribution in [-0.4, -0.2) is 36.1 Å². The number of aromatic amines is 1. The zero-order valence-corrected chi connectivity index (χ0v) is 11.1. The van der Waals surface area contributed by atoms with E-state index in [1.54, 1.807) is 0 Å². The maximum Gasteiger partial charge on any atom is 0.262 e. The number of benzene rings is 1. The molecule has 104 valence electrons. The van der Waals surface area contributed by atoms with Crippen LogP contribution in [0.3, 0.4) is 0 Å². The maximum atomic E-state index is 12.3. The van der Waals surface area contributed by atoms with E-state index in [4.69, 9.17) is 5.73 Å². The van der Waals surface area contributed by atoms with Gasteiger partial charge in [0.1, 0.15) is 5.82 Å². The highest BCUT2D eigenvalue weighted by molar-refractivity contribution is 5.73. The highest BCUT2D eigenvalue weighted by Crippen LogP contribution is 2.21. The molecule has 6 heteroatoms. The van der Waals surface area contributed by atoms with Crippen LogP contribution in [0.1, 0.15) is 0 Å². The summed E-state index contributed by atoms with van der Waals surface area (Å²) < 4.78 is 0. The molecular weight excluding hydrogens is 254 g/mol. The number of hydrogen-bond donors (Lipinski definition) is 3. The molecule has 1 saturated heterocycles. The van der Waals surface area contributed by atoms with Gasteiger partial charge in [-0.25, -0.2) is 0 Å². The Balaban J connectivity index is 2.01. The summed E-state index contributed by atoms with van der Waals surface area (Å²) in [5.41, 5.74) is 7.01. The number of aromatic nitrogens is 2. The Morgan fingerprint density at radius 3 is 2.50 bits per heavy atom. The molecular formula is C14H17N5O. The lowest BCUT2D eigenvalue weighted by Gasteiger charge is -2.28. The molecule has 3 rings (SSSR count). The Morgan fingerprint density at radius 1 is 1.15 bits per heavy atom. The van der Waals surface area contributed by atoms with Crippen LogP contribution in [0.2, 0.25) is 0 Å². The first-order valence-corrected chi connectivity index (χ1v) is 6.66. The molecule has 4 N–H and O–H groups in total. The predicted octanol–water partition coefficient (Wildman–Crippen LogP) is 0.429. The SMILES string of the molecule is Nc1nc(N2CCNCC2)[nH]c(=O)c1-c1ccccc1. The third-order valence-electron chi connectivity index (χ3n) is 3.41. The monoisotopic (exact) mass is 271 g/mol. The standard InChI is InChI=1S/C14H17N5O/c15-12-11(10-4-2-1-3-5-10)13(20)18-14(17-12)19-8-6-16-7-9-19/h1-5,16H,6-9H2,(H3,15,17,18,20). The summed E-state index contributed by atoms with van der Waals surface area (Å²) in [6.45, 7) is 3.38. The Hall–Kier alpha value is -2.34. The molecule has 1 aromatic carbocycles. The molecule has 0 unspecified atom stereocenters. The number of nitrogens with zero attached hydrogens (tertiary/aromatic N) is 2. The van der Waals surface area contributed by atoms with Crippen molar-refractivity contribution in [2.75, 3.05) is 36.8 Å². The quantitative estimate of drug-likeness (QED) is 0.737. The van der Waals surface area contributed by atoms with Gasteiger partial charge >= 0.3 is 0 Å². The molecule has 0 radical (unpaired) electrons. The first kappa shape index (κ1) is 12.7. The van der Waals surface area contributed by atoms with Crippen LogP contribution in [0.25, 0.3) is 11.1 Å². The maximum absolute atomic E-state index is 12.3. The number of anilines is 2. The molecule has 1 fully saturated rings. The number of nitrogens with two attached hydrogens (primary N) is 1. The Kier molecular flexibility index (Phi) is 3.39. The van der Waals surface area contributed by atoms with Crippen molar-refractivity contribution in [2.24, 2.45) is 0 Å². The summed E-state index contributed by atoms with van der Waals surface area (Å²) in [6.07, 6.45) is 0. The van der Waals surface area contributed by atoms with Gasteiger partial charge in [0.05, 0.1) is 5.56 Å². The fraction of sp³-hybridized carbons (Fsp3) is 0.286. The van der Waals surface area contributed by atoms with Crippen LogP contribution in [0.5, 0.6) is 0 Å². The average Bonchev–Trinajstić information content (AvgIpc) is 2.48. The van der Waals surface area contributed by atoms with Gasteiger partial charge in [-0.1, -0.05) is 30.3 Å². The molecule has 6 nitrogen and oxygen atoms in total. The minimum Gasteiger partial charge on any atom is -0.383 e. The fourth-order valence-corrected chi connectivity index (χ4v) is 2.39. The van der Waals surface area contributed by atoms with Crippen LogP contribution in [0, 0.1) is 0 Å². The van der Waals surface area contributed by atoms with Crippen molar-refractivity contribution in [3.05, 3.63) is 40.7 Å². The second-order valence-corrected chi connectivity index (χ2v) is 4.75. The summed E-state index contributed by atoms with van der Waals surface area (Å²) in [5, 5.41) is 3.26. The molecule has 0 atom stereocenters. The van der Waals surface area contributed by atoms with Crippen LogP contribution < -0.4 is 21.5 Å². The fourth-order valence-electron chi connectivity index (χ4n) is 2.39. The molecule has 20 heavy (non-hydrogen) atoms. The normalized spacial score (nSPS) is 15.3. The summed E-state index contributed by atoms with van der Waals surface area (Å²) in [7, 11) is 0. The van der Waals surface area contributed by atoms with Crippen molar-refractivity contribution in [3.8, 4) is 11.1 Å². The lowest BCUT2D eigenvalue weighted by atomic mass is 10.1. The average molecular weight is 271 g/mol. The van der Waals surface area contributed by atoms with E-state index in [2.05, 4.69) is 15.3 Å². The number of piperazine rings is 1. The van der Waals surface area contributed by atoms with Crippen molar-refractivity contribution in [1.29, 1.82) is 0 Å². The Morgan fingerprint density at radius 2 is 1.85 bits per heavy atom. The van der Waals surface area contributed by atoms with Crippen molar-refractivity contribution in [3.63, 3.8) is 0 Å². The molecule has 2 heterocycles. The molecule has 1 aliphatic rings. The smallest absolute Gasteiger partial charge is 0.262 e. The van der Waals surface area contributed by atoms with E-state index in [1.807, 2.05) is 35.2 Å². The Labute approximate surface area is 116 Å². The summed E-state index contributed by atoms with van der Waals surface area (Å²) >= 11 is 0. The lowest BCUT2D eigenvalue weighted by Crippen LogP contribution is -2.44.